The molecule has 0 radical (unpaired) electrons. The Morgan fingerprint density at radius 3 is 2.57 bits per heavy atom. The topological polar surface area (TPSA) is 43.4 Å². The first-order valence-electron chi connectivity index (χ1n) is 7.52. The van der Waals surface area contributed by atoms with Crippen molar-refractivity contribution < 1.29 is 14.3 Å². The molecule has 0 aromatic heterocycles. The third-order valence-electron chi connectivity index (χ3n) is 4.13. The monoisotopic (exact) mass is 290 g/mol. The smallest absolute Gasteiger partial charge is 0.324 e. The van der Waals surface area contributed by atoms with E-state index >= 15 is 0 Å². The second kappa shape index (κ2) is 6.47. The highest BCUT2D eigenvalue weighted by Gasteiger charge is 2.53. The fourth-order valence-corrected chi connectivity index (χ4v) is 2.99. The standard InChI is InChI=1S/C18H26O3/c1-7-8-9-10-15-11-12-18(13(15)2,14(3)19)16(20)21-17(4,5)6/h1,15H,2,8-12H2,3-6H3/t15-,18-/m1/s1. The second-order valence-electron chi connectivity index (χ2n) is 6.82. The molecule has 0 N–H and O–H groups in total. The minimum atomic E-state index is -1.16. The molecule has 1 aliphatic carbocycles. The summed E-state index contributed by atoms with van der Waals surface area (Å²) in [5, 5.41) is 0. The first-order chi connectivity index (χ1) is 9.65. The summed E-state index contributed by atoms with van der Waals surface area (Å²) in [5.41, 5.74) is -1.06. The predicted octanol–water partition coefficient (Wildman–Crippen LogP) is 3.67. The number of Topliss-reactive ketones (excluding diaryl/α,β-unsaturated/α-hetero) is 1. The van der Waals surface area contributed by atoms with Gasteiger partial charge in [-0.1, -0.05) is 6.58 Å². The van der Waals surface area contributed by atoms with Crippen LogP contribution in [-0.4, -0.2) is 17.4 Å². The van der Waals surface area contributed by atoms with Crippen LogP contribution in [0.1, 0.15) is 59.8 Å². The van der Waals surface area contributed by atoms with Crippen LogP contribution < -0.4 is 0 Å². The zero-order valence-corrected chi connectivity index (χ0v) is 13.6. The van der Waals surface area contributed by atoms with Gasteiger partial charge < -0.3 is 4.74 Å². The van der Waals surface area contributed by atoms with Crippen LogP contribution in [0.25, 0.3) is 0 Å². The zero-order valence-electron chi connectivity index (χ0n) is 13.6. The van der Waals surface area contributed by atoms with Gasteiger partial charge in [0.15, 0.2) is 5.78 Å². The Kier molecular flexibility index (Phi) is 5.39. The number of esters is 1. The van der Waals surface area contributed by atoms with Gasteiger partial charge in [-0.25, -0.2) is 0 Å². The molecule has 21 heavy (non-hydrogen) atoms. The Hall–Kier alpha value is -1.56. The molecule has 3 nitrogen and oxygen atoms in total. The molecule has 116 valence electrons. The Morgan fingerprint density at radius 1 is 1.48 bits per heavy atom. The number of terminal acetylenes is 1. The lowest BCUT2D eigenvalue weighted by atomic mass is 9.77. The van der Waals surface area contributed by atoms with E-state index in [4.69, 9.17) is 11.2 Å². The maximum atomic E-state index is 12.6. The van der Waals surface area contributed by atoms with Crippen molar-refractivity contribution in [3.8, 4) is 12.3 Å². The minimum absolute atomic E-state index is 0.166. The number of ether oxygens (including phenoxy) is 1. The molecule has 0 unspecified atom stereocenters. The van der Waals surface area contributed by atoms with Gasteiger partial charge in [0, 0.05) is 6.42 Å². The van der Waals surface area contributed by atoms with Gasteiger partial charge in [-0.15, -0.1) is 12.3 Å². The summed E-state index contributed by atoms with van der Waals surface area (Å²) < 4.78 is 5.48. The van der Waals surface area contributed by atoms with Gasteiger partial charge in [0.1, 0.15) is 11.0 Å². The van der Waals surface area contributed by atoms with E-state index in [1.807, 2.05) is 0 Å². The molecule has 0 bridgehead atoms. The number of carbonyl (C=O) groups is 2. The molecule has 3 heteroatoms. The Balaban J connectivity index is 2.93. The molecular weight excluding hydrogens is 264 g/mol. The third kappa shape index (κ3) is 3.75. The second-order valence-corrected chi connectivity index (χ2v) is 6.82. The Bertz CT molecular complexity index is 476. The van der Waals surface area contributed by atoms with Crippen molar-refractivity contribution in [1.82, 2.24) is 0 Å². The van der Waals surface area contributed by atoms with E-state index in [9.17, 15) is 9.59 Å². The third-order valence-corrected chi connectivity index (χ3v) is 4.13. The van der Waals surface area contributed by atoms with Crippen molar-refractivity contribution in [1.29, 1.82) is 0 Å². The number of ketones is 1. The van der Waals surface area contributed by atoms with Crippen LogP contribution >= 0.6 is 0 Å². The molecule has 0 saturated heterocycles. The van der Waals surface area contributed by atoms with Gasteiger partial charge in [0.05, 0.1) is 0 Å². The van der Waals surface area contributed by atoms with E-state index in [1.165, 1.54) is 6.92 Å². The molecule has 1 saturated carbocycles. The Labute approximate surface area is 128 Å². The SMILES string of the molecule is C#CCCC[C@@H]1CC[C@@](C(C)=O)(C(=O)OC(C)(C)C)C1=C. The van der Waals surface area contributed by atoms with Crippen LogP contribution in [0.4, 0.5) is 0 Å². The molecule has 0 aromatic carbocycles. The van der Waals surface area contributed by atoms with Crippen LogP contribution in [0.5, 0.6) is 0 Å². The van der Waals surface area contributed by atoms with Crippen LogP contribution in [0.2, 0.25) is 0 Å². The van der Waals surface area contributed by atoms with Gasteiger partial charge in [-0.3, -0.25) is 9.59 Å². The molecule has 1 rings (SSSR count). The molecule has 1 aliphatic rings. The van der Waals surface area contributed by atoms with Crippen molar-refractivity contribution in [2.75, 3.05) is 0 Å². The summed E-state index contributed by atoms with van der Waals surface area (Å²) in [6.45, 7) is 10.9. The summed E-state index contributed by atoms with van der Waals surface area (Å²) >= 11 is 0. The molecule has 1 fully saturated rings. The average molecular weight is 290 g/mol. The van der Waals surface area contributed by atoms with E-state index in [1.54, 1.807) is 20.8 Å². The minimum Gasteiger partial charge on any atom is -0.459 e. The molecule has 0 aliphatic heterocycles. The van der Waals surface area contributed by atoms with Crippen LogP contribution in [0.15, 0.2) is 12.2 Å². The summed E-state index contributed by atoms with van der Waals surface area (Å²) in [7, 11) is 0. The van der Waals surface area contributed by atoms with Crippen molar-refractivity contribution >= 4 is 11.8 Å². The lowest BCUT2D eigenvalue weighted by Crippen LogP contribution is -2.42. The molecule has 0 amide bonds. The average Bonchev–Trinajstić information content (AvgIpc) is 2.66. The van der Waals surface area contributed by atoms with E-state index in [2.05, 4.69) is 12.5 Å². The molecule has 0 heterocycles. The van der Waals surface area contributed by atoms with Gasteiger partial charge >= 0.3 is 5.97 Å². The van der Waals surface area contributed by atoms with E-state index in [0.29, 0.717) is 18.4 Å². The first kappa shape index (κ1) is 17.5. The van der Waals surface area contributed by atoms with Crippen molar-refractivity contribution in [3.63, 3.8) is 0 Å². The largest absolute Gasteiger partial charge is 0.459 e. The quantitative estimate of drug-likeness (QED) is 0.255. The highest BCUT2D eigenvalue weighted by atomic mass is 16.6. The number of hydrogen-bond acceptors (Lipinski definition) is 3. The normalized spacial score (nSPS) is 25.5. The summed E-state index contributed by atoms with van der Waals surface area (Å²) in [6.07, 6.45) is 9.04. The maximum absolute atomic E-state index is 12.6. The van der Waals surface area contributed by atoms with E-state index in [-0.39, 0.29) is 11.7 Å². The lowest BCUT2D eigenvalue weighted by molar-refractivity contribution is -0.167. The van der Waals surface area contributed by atoms with Crippen molar-refractivity contribution in [3.05, 3.63) is 12.2 Å². The Morgan fingerprint density at radius 2 is 2.10 bits per heavy atom. The van der Waals surface area contributed by atoms with Crippen molar-refractivity contribution in [2.24, 2.45) is 11.3 Å². The summed E-state index contributed by atoms with van der Waals surface area (Å²) in [5.74, 6) is 2.17. The highest BCUT2D eigenvalue weighted by molar-refractivity contribution is 6.06. The zero-order chi connectivity index (χ0) is 16.3. The molecule has 0 spiro atoms. The van der Waals surface area contributed by atoms with Crippen LogP contribution in [0.3, 0.4) is 0 Å². The molecule has 2 atom stereocenters. The predicted molar refractivity (Wildman–Crippen MR) is 83.5 cm³/mol. The molecule has 0 aromatic rings. The van der Waals surface area contributed by atoms with Crippen LogP contribution in [-0.2, 0) is 14.3 Å². The number of hydrogen-bond donors (Lipinski definition) is 0. The highest BCUT2D eigenvalue weighted by Crippen LogP contribution is 2.49. The van der Waals surface area contributed by atoms with E-state index in [0.717, 1.165) is 19.3 Å². The summed E-state index contributed by atoms with van der Waals surface area (Å²) in [4.78, 5) is 24.8. The number of rotatable bonds is 5. The number of unbranched alkanes of at least 4 members (excludes halogenated alkanes) is 1. The maximum Gasteiger partial charge on any atom is 0.324 e. The summed E-state index contributed by atoms with van der Waals surface area (Å²) in [6, 6.07) is 0. The van der Waals surface area contributed by atoms with E-state index < -0.39 is 17.0 Å². The fraction of sp³-hybridized carbons (Fsp3) is 0.667. The fourth-order valence-electron chi connectivity index (χ4n) is 2.99. The van der Waals surface area contributed by atoms with Gasteiger partial charge in [-0.05, 0) is 64.9 Å². The van der Waals surface area contributed by atoms with Crippen molar-refractivity contribution in [2.45, 2.75) is 65.4 Å². The van der Waals surface area contributed by atoms with Gasteiger partial charge in [0.2, 0.25) is 0 Å². The van der Waals surface area contributed by atoms with Gasteiger partial charge in [0.25, 0.3) is 0 Å². The lowest BCUT2D eigenvalue weighted by Gasteiger charge is -2.31. The molecular formula is C18H26O3. The number of carbonyl (C=O) groups excluding carboxylic acids is 2. The first-order valence-corrected chi connectivity index (χ1v) is 7.52. The van der Waals surface area contributed by atoms with Gasteiger partial charge in [-0.2, -0.15) is 0 Å². The van der Waals surface area contributed by atoms with Crippen LogP contribution in [0, 0.1) is 23.7 Å².